The Hall–Kier alpha value is -0.190. The summed E-state index contributed by atoms with van der Waals surface area (Å²) in [5, 5.41) is 3.45. The molecule has 3 nitrogen and oxygen atoms in total. The Morgan fingerprint density at radius 2 is 1.35 bits per heavy atom. The lowest BCUT2D eigenvalue weighted by molar-refractivity contribution is 0.237. The molecule has 0 amide bonds. The second kappa shape index (κ2) is 8.84. The van der Waals surface area contributed by atoms with E-state index in [0.29, 0.717) is 0 Å². The lowest BCUT2D eigenvalue weighted by atomic mass is 10.1. The summed E-state index contributed by atoms with van der Waals surface area (Å²) in [5.41, 5.74) is 0. The summed E-state index contributed by atoms with van der Waals surface area (Å²) in [6.45, 7) is 6.21. The van der Waals surface area contributed by atoms with Crippen LogP contribution in [0.15, 0.2) is 0 Å². The third-order valence-electron chi connectivity index (χ3n) is 3.45. The quantitative estimate of drug-likeness (QED) is 0.695. The molecule has 1 aliphatic heterocycles. The molecular formula is C13H28FN3. The van der Waals surface area contributed by atoms with Crippen molar-refractivity contribution in [2.75, 3.05) is 53.4 Å². The number of halogens is 1. The molecule has 0 atom stereocenters. The summed E-state index contributed by atoms with van der Waals surface area (Å²) in [7, 11) is 4.24. The van der Waals surface area contributed by atoms with Gasteiger partial charge in [-0.05, 0) is 52.9 Å². The first-order chi connectivity index (χ1) is 8.18. The highest BCUT2D eigenvalue weighted by molar-refractivity contribution is 4.64. The van der Waals surface area contributed by atoms with Gasteiger partial charge in [0.2, 0.25) is 0 Å². The van der Waals surface area contributed by atoms with Crippen LogP contribution in [0.5, 0.6) is 0 Å². The van der Waals surface area contributed by atoms with E-state index in [2.05, 4.69) is 29.2 Å². The molecule has 4 heteroatoms. The van der Waals surface area contributed by atoms with Gasteiger partial charge >= 0.3 is 0 Å². The van der Waals surface area contributed by atoms with Crippen LogP contribution < -0.4 is 5.32 Å². The molecule has 1 N–H and O–H groups in total. The molecule has 0 aliphatic carbocycles. The summed E-state index contributed by atoms with van der Waals surface area (Å²) in [5.74, 6) is 0. The number of hydrogen-bond donors (Lipinski definition) is 1. The molecule has 0 bridgehead atoms. The molecule has 0 aromatic rings. The van der Waals surface area contributed by atoms with E-state index in [0.717, 1.165) is 65.0 Å². The molecule has 0 spiro atoms. The van der Waals surface area contributed by atoms with E-state index in [1.54, 1.807) is 0 Å². The molecular weight excluding hydrogens is 217 g/mol. The van der Waals surface area contributed by atoms with E-state index < -0.39 is 6.17 Å². The summed E-state index contributed by atoms with van der Waals surface area (Å²) in [6, 6.07) is 0. The SMILES string of the molecule is CN1CCCC(F)CCCN(C)CCNCC1. The average molecular weight is 245 g/mol. The zero-order valence-electron chi connectivity index (χ0n) is 11.4. The number of rotatable bonds is 0. The van der Waals surface area contributed by atoms with E-state index in [-0.39, 0.29) is 0 Å². The fourth-order valence-electron chi connectivity index (χ4n) is 2.20. The number of nitrogens with one attached hydrogen (secondary N) is 1. The van der Waals surface area contributed by atoms with Crippen molar-refractivity contribution in [1.29, 1.82) is 0 Å². The first-order valence-electron chi connectivity index (χ1n) is 6.90. The van der Waals surface area contributed by atoms with E-state index in [4.69, 9.17) is 0 Å². The molecule has 17 heavy (non-hydrogen) atoms. The van der Waals surface area contributed by atoms with Gasteiger partial charge in [0.25, 0.3) is 0 Å². The summed E-state index contributed by atoms with van der Waals surface area (Å²) >= 11 is 0. The third-order valence-corrected chi connectivity index (χ3v) is 3.45. The van der Waals surface area contributed by atoms with Crippen molar-refractivity contribution in [2.24, 2.45) is 0 Å². The van der Waals surface area contributed by atoms with Crippen molar-refractivity contribution in [1.82, 2.24) is 15.1 Å². The Morgan fingerprint density at radius 3 is 1.82 bits per heavy atom. The average Bonchev–Trinajstić information content (AvgIpc) is 2.27. The number of likely N-dealkylation sites (N-methyl/N-ethyl adjacent to an activating group) is 2. The Labute approximate surface area is 105 Å². The smallest absolute Gasteiger partial charge is 0.100 e. The number of alkyl halides is 1. The van der Waals surface area contributed by atoms with E-state index in [1.165, 1.54) is 0 Å². The van der Waals surface area contributed by atoms with Crippen LogP contribution >= 0.6 is 0 Å². The molecule has 1 rings (SSSR count). The molecule has 1 fully saturated rings. The Kier molecular flexibility index (Phi) is 7.73. The summed E-state index contributed by atoms with van der Waals surface area (Å²) < 4.78 is 13.6. The van der Waals surface area contributed by atoms with Crippen molar-refractivity contribution in [3.05, 3.63) is 0 Å². The van der Waals surface area contributed by atoms with Crippen molar-refractivity contribution in [2.45, 2.75) is 31.9 Å². The molecule has 0 aromatic heterocycles. The molecule has 0 aromatic carbocycles. The second-order valence-electron chi connectivity index (χ2n) is 5.24. The fourth-order valence-corrected chi connectivity index (χ4v) is 2.20. The Balaban J connectivity index is 2.28. The minimum Gasteiger partial charge on any atom is -0.314 e. The molecule has 102 valence electrons. The molecule has 1 aliphatic rings. The zero-order chi connectivity index (χ0) is 12.5. The lowest BCUT2D eigenvalue weighted by Gasteiger charge is -2.21. The lowest BCUT2D eigenvalue weighted by Crippen LogP contribution is -2.35. The van der Waals surface area contributed by atoms with E-state index in [9.17, 15) is 4.39 Å². The Morgan fingerprint density at radius 1 is 0.882 bits per heavy atom. The zero-order valence-corrected chi connectivity index (χ0v) is 11.4. The van der Waals surface area contributed by atoms with Crippen molar-refractivity contribution in [3.8, 4) is 0 Å². The largest absolute Gasteiger partial charge is 0.314 e. The van der Waals surface area contributed by atoms with Gasteiger partial charge in [0, 0.05) is 26.2 Å². The van der Waals surface area contributed by atoms with Crippen LogP contribution in [0.1, 0.15) is 25.7 Å². The summed E-state index contributed by atoms with van der Waals surface area (Å²) in [4.78, 5) is 4.57. The van der Waals surface area contributed by atoms with Crippen LogP contribution in [0, 0.1) is 0 Å². The first kappa shape index (κ1) is 14.9. The predicted molar refractivity (Wildman–Crippen MR) is 71.2 cm³/mol. The maximum atomic E-state index is 13.6. The van der Waals surface area contributed by atoms with Gasteiger partial charge in [-0.1, -0.05) is 0 Å². The van der Waals surface area contributed by atoms with E-state index >= 15 is 0 Å². The topological polar surface area (TPSA) is 18.5 Å². The van der Waals surface area contributed by atoms with Gasteiger partial charge in [-0.15, -0.1) is 0 Å². The maximum Gasteiger partial charge on any atom is 0.100 e. The highest BCUT2D eigenvalue weighted by Crippen LogP contribution is 2.10. The second-order valence-corrected chi connectivity index (χ2v) is 5.24. The van der Waals surface area contributed by atoms with Crippen LogP contribution in [-0.4, -0.2) is 69.3 Å². The van der Waals surface area contributed by atoms with Crippen LogP contribution in [0.25, 0.3) is 0 Å². The van der Waals surface area contributed by atoms with Crippen LogP contribution in [0.3, 0.4) is 0 Å². The van der Waals surface area contributed by atoms with Crippen molar-refractivity contribution in [3.63, 3.8) is 0 Å². The van der Waals surface area contributed by atoms with Gasteiger partial charge in [0.05, 0.1) is 0 Å². The maximum absolute atomic E-state index is 13.6. The van der Waals surface area contributed by atoms with Gasteiger partial charge in [-0.25, -0.2) is 4.39 Å². The van der Waals surface area contributed by atoms with Crippen molar-refractivity contribution < 1.29 is 4.39 Å². The van der Waals surface area contributed by atoms with Gasteiger partial charge in [0.1, 0.15) is 6.17 Å². The van der Waals surface area contributed by atoms with E-state index in [1.807, 2.05) is 0 Å². The highest BCUT2D eigenvalue weighted by atomic mass is 19.1. The number of hydrogen-bond acceptors (Lipinski definition) is 3. The minimum atomic E-state index is -0.599. The summed E-state index contributed by atoms with van der Waals surface area (Å²) in [6.07, 6.45) is 2.81. The first-order valence-corrected chi connectivity index (χ1v) is 6.90. The molecule has 1 saturated heterocycles. The molecule has 1 heterocycles. The standard InChI is InChI=1S/C13H28FN3/c1-16-9-3-5-13(14)6-4-10-17(2)12-8-15-7-11-16/h13,15H,3-12H2,1-2H3. The van der Waals surface area contributed by atoms with Crippen LogP contribution in [0.4, 0.5) is 4.39 Å². The number of nitrogens with zero attached hydrogens (tertiary/aromatic N) is 2. The van der Waals surface area contributed by atoms with Gasteiger partial charge < -0.3 is 15.1 Å². The van der Waals surface area contributed by atoms with Gasteiger partial charge in [-0.2, -0.15) is 0 Å². The third kappa shape index (κ3) is 7.68. The van der Waals surface area contributed by atoms with Crippen LogP contribution in [0.2, 0.25) is 0 Å². The normalized spacial score (nSPS) is 25.6. The fraction of sp³-hybridized carbons (Fsp3) is 1.00. The Bertz CT molecular complexity index is 172. The van der Waals surface area contributed by atoms with Gasteiger partial charge in [0.15, 0.2) is 0 Å². The molecule has 0 saturated carbocycles. The molecule has 0 radical (unpaired) electrons. The minimum absolute atomic E-state index is 0.599. The van der Waals surface area contributed by atoms with Crippen LogP contribution in [-0.2, 0) is 0 Å². The van der Waals surface area contributed by atoms with Crippen molar-refractivity contribution >= 4 is 0 Å². The highest BCUT2D eigenvalue weighted by Gasteiger charge is 2.09. The molecule has 0 unspecified atom stereocenters. The predicted octanol–water partition coefficient (Wildman–Crippen LogP) is 1.35. The van der Waals surface area contributed by atoms with Gasteiger partial charge in [-0.3, -0.25) is 0 Å². The monoisotopic (exact) mass is 245 g/mol.